The van der Waals surface area contributed by atoms with Crippen LogP contribution >= 0.6 is 0 Å². The summed E-state index contributed by atoms with van der Waals surface area (Å²) in [6, 6.07) is 15.1. The number of carbonyl (C=O) groups excluding carboxylic acids is 5. The number of H-pyrrole nitrogens is 1. The molecule has 4 N–H and O–H groups in total. The number of hydrogen-bond donors (Lipinski definition) is 4. The summed E-state index contributed by atoms with van der Waals surface area (Å²) >= 11 is 0. The van der Waals surface area contributed by atoms with Crippen LogP contribution in [0.15, 0.2) is 54.6 Å². The number of benzene rings is 3. The number of nitrogens with zero attached hydrogens (tertiary/aromatic N) is 1. The monoisotopic (exact) mass is 911 g/mol. The van der Waals surface area contributed by atoms with Crippen molar-refractivity contribution in [1.29, 1.82) is 0 Å². The van der Waals surface area contributed by atoms with E-state index in [2.05, 4.69) is 20.9 Å². The molecule has 66 heavy (non-hydrogen) atoms. The third-order valence-corrected chi connectivity index (χ3v) is 11.7. The number of aromatic nitrogens is 1. The van der Waals surface area contributed by atoms with Crippen LogP contribution in [0, 0.1) is 19.7 Å². The van der Waals surface area contributed by atoms with Gasteiger partial charge in [0.2, 0.25) is 0 Å². The molecule has 4 amide bonds. The molecule has 0 bridgehead atoms. The van der Waals surface area contributed by atoms with Crippen molar-refractivity contribution in [3.8, 4) is 11.1 Å². The highest BCUT2D eigenvalue weighted by Gasteiger charge is 2.32. The Hall–Kier alpha value is -6.20. The van der Waals surface area contributed by atoms with E-state index < -0.39 is 17.8 Å². The molecule has 3 aromatic carbocycles. The molecular formula is C50H62FN5O10. The number of Topliss-reactive ketones (excluding diaryl/α,β-unsaturated/α-hetero) is 1. The number of aryl methyl sites for hydroxylation is 1. The predicted octanol–water partition coefficient (Wildman–Crippen LogP) is 7.31. The zero-order valence-corrected chi connectivity index (χ0v) is 38.4. The highest BCUT2D eigenvalue weighted by atomic mass is 19.1. The Kier molecular flexibility index (Phi) is 17.8. The van der Waals surface area contributed by atoms with Crippen LogP contribution in [0.4, 0.5) is 14.9 Å². The van der Waals surface area contributed by atoms with Gasteiger partial charge < -0.3 is 49.5 Å². The normalized spacial score (nSPS) is 14.1. The van der Waals surface area contributed by atoms with Gasteiger partial charge in [-0.1, -0.05) is 18.2 Å². The first-order valence-corrected chi connectivity index (χ1v) is 22.4. The second kappa shape index (κ2) is 23.8. The molecule has 4 aromatic rings. The first kappa shape index (κ1) is 49.2. The molecular weight excluding hydrogens is 850 g/mol. The fourth-order valence-corrected chi connectivity index (χ4v) is 8.21. The molecule has 6 rings (SSSR count). The van der Waals surface area contributed by atoms with Crippen molar-refractivity contribution in [3.63, 3.8) is 0 Å². The van der Waals surface area contributed by atoms with E-state index in [1.165, 1.54) is 23.1 Å². The number of likely N-dealkylation sites (N-methyl/N-ethyl adjacent to an activating group) is 1. The number of methoxy groups -OCH3 is 2. The summed E-state index contributed by atoms with van der Waals surface area (Å²) in [5, 5.41) is 8.55. The Morgan fingerprint density at radius 2 is 1.44 bits per heavy atom. The van der Waals surface area contributed by atoms with Gasteiger partial charge in [-0.2, -0.15) is 0 Å². The fourth-order valence-electron chi connectivity index (χ4n) is 8.21. The lowest BCUT2D eigenvalue weighted by atomic mass is 9.94. The van der Waals surface area contributed by atoms with Crippen molar-refractivity contribution in [2.24, 2.45) is 0 Å². The summed E-state index contributed by atoms with van der Waals surface area (Å²) in [6.07, 6.45) is 3.42. The van der Waals surface area contributed by atoms with Gasteiger partial charge >= 0.3 is 6.09 Å². The van der Waals surface area contributed by atoms with Crippen molar-refractivity contribution in [2.45, 2.75) is 52.4 Å². The van der Waals surface area contributed by atoms with E-state index in [0.717, 1.165) is 35.1 Å². The van der Waals surface area contributed by atoms with Gasteiger partial charge in [0, 0.05) is 121 Å². The molecule has 1 atom stereocenters. The van der Waals surface area contributed by atoms with Gasteiger partial charge in [-0.05, 0) is 110 Å². The maximum Gasteiger partial charge on any atom is 0.409 e. The summed E-state index contributed by atoms with van der Waals surface area (Å²) in [7, 11) is 3.28. The van der Waals surface area contributed by atoms with Crippen LogP contribution in [-0.4, -0.2) is 126 Å². The van der Waals surface area contributed by atoms with Crippen LogP contribution < -0.4 is 16.0 Å². The molecule has 16 heteroatoms. The topological polar surface area (TPSA) is 187 Å². The molecule has 0 saturated carbocycles. The van der Waals surface area contributed by atoms with E-state index in [4.69, 9.17) is 23.7 Å². The molecule has 1 aliphatic heterocycles. The zero-order valence-electron chi connectivity index (χ0n) is 38.4. The number of anilines is 1. The van der Waals surface area contributed by atoms with Gasteiger partial charge in [0.05, 0.1) is 17.7 Å². The number of ether oxygens (including phenoxy) is 5. The summed E-state index contributed by atoms with van der Waals surface area (Å²) in [4.78, 5) is 71.3. The Morgan fingerprint density at radius 3 is 2.14 bits per heavy atom. The molecule has 1 unspecified atom stereocenters. The zero-order chi connectivity index (χ0) is 47.2. The number of aromatic amines is 1. The lowest BCUT2D eigenvalue weighted by Crippen LogP contribution is -2.39. The van der Waals surface area contributed by atoms with Crippen molar-refractivity contribution in [3.05, 3.63) is 111 Å². The second-order valence-corrected chi connectivity index (χ2v) is 16.1. The number of ketones is 1. The van der Waals surface area contributed by atoms with Gasteiger partial charge in [-0.25, -0.2) is 9.18 Å². The van der Waals surface area contributed by atoms with Crippen LogP contribution in [0.2, 0.25) is 0 Å². The minimum atomic E-state index is -0.589. The molecule has 2 aliphatic rings. The van der Waals surface area contributed by atoms with Gasteiger partial charge in [-0.3, -0.25) is 19.2 Å². The maximum absolute atomic E-state index is 14.0. The molecule has 0 fully saturated rings. The summed E-state index contributed by atoms with van der Waals surface area (Å²) in [5.74, 6) is -1.99. The highest BCUT2D eigenvalue weighted by Crippen LogP contribution is 2.46. The van der Waals surface area contributed by atoms with Gasteiger partial charge in [0.15, 0.2) is 5.78 Å². The number of carbonyl (C=O) groups is 5. The van der Waals surface area contributed by atoms with Crippen molar-refractivity contribution in [1.82, 2.24) is 20.5 Å². The van der Waals surface area contributed by atoms with Gasteiger partial charge in [0.25, 0.3) is 17.7 Å². The molecule has 1 aromatic heterocycles. The van der Waals surface area contributed by atoms with Crippen LogP contribution in [-0.2, 0) is 28.5 Å². The number of fused-ring (bicyclic) bond motifs is 4. The molecule has 354 valence electrons. The minimum Gasteiger partial charge on any atom is -0.448 e. The lowest BCUT2D eigenvalue weighted by molar-refractivity contribution is -0.110. The molecule has 2 heterocycles. The second-order valence-electron chi connectivity index (χ2n) is 16.1. The number of amides is 4. The SMILES string of the molecule is CCN(CCNC(=O)c1c(C)[nH]c(/C=C2\C(=O)Nc3ccc(F)cc32)c1C)C(=O)OCC1c2cc(C(=O)CCCOCCCOC)ccc2-c2ccc(C(=O)NCCOCCCOC)cc21.[HH]. The first-order chi connectivity index (χ1) is 31.9. The van der Waals surface area contributed by atoms with Crippen LogP contribution in [0.25, 0.3) is 22.8 Å². The van der Waals surface area contributed by atoms with E-state index in [9.17, 15) is 28.4 Å². The quantitative estimate of drug-likeness (QED) is 0.0299. The number of nitrogens with one attached hydrogen (secondary N) is 4. The number of hydrogen-bond acceptors (Lipinski definition) is 10. The number of rotatable bonds is 25. The van der Waals surface area contributed by atoms with Gasteiger partial charge in [0.1, 0.15) is 12.4 Å². The third-order valence-electron chi connectivity index (χ3n) is 11.7. The van der Waals surface area contributed by atoms with Crippen molar-refractivity contribution >= 4 is 46.9 Å². The Morgan fingerprint density at radius 1 is 0.788 bits per heavy atom. The minimum absolute atomic E-state index is 0. The largest absolute Gasteiger partial charge is 0.448 e. The summed E-state index contributed by atoms with van der Waals surface area (Å²) in [5.41, 5.74) is 7.68. The Balaban J connectivity index is 0.00000840. The standard InChI is InChI=1S/C50H60FN5O10.H2/c1-6-56(19-17-52-49(60)46-31(2)44(54-32(46)3)29-41-40-28-35(51)13-16-43(40)55-48(41)59)50(61)66-30-42-38-26-33(45(57)10-7-22-64-23-8-20-62-4)11-14-36(38)37-15-12-34(27-39(37)42)47(58)53-18-25-65-24-9-21-63-5;/h11-16,26-29,42,54H,6-10,17-25,30H2,1-5H3,(H,52,60)(H,53,58)(H,55,59);1H/b41-29-;. The predicted molar refractivity (Wildman–Crippen MR) is 250 cm³/mol. The van der Waals surface area contributed by atoms with Crippen LogP contribution in [0.3, 0.4) is 0 Å². The Bertz CT molecular complexity index is 2360. The summed E-state index contributed by atoms with van der Waals surface area (Å²) < 4.78 is 41.4. The average Bonchev–Trinajstić information content (AvgIpc) is 3.90. The first-order valence-electron chi connectivity index (χ1n) is 22.4. The molecule has 0 radical (unpaired) electrons. The summed E-state index contributed by atoms with van der Waals surface area (Å²) in [6.45, 7) is 9.24. The number of halogens is 1. The average molecular weight is 912 g/mol. The maximum atomic E-state index is 14.0. The van der Waals surface area contributed by atoms with Crippen LogP contribution in [0.1, 0.15) is 105 Å². The van der Waals surface area contributed by atoms with E-state index in [0.29, 0.717) is 110 Å². The third kappa shape index (κ3) is 12.2. The van der Waals surface area contributed by atoms with E-state index in [1.54, 1.807) is 40.2 Å². The van der Waals surface area contributed by atoms with E-state index in [1.807, 2.05) is 37.3 Å². The molecule has 0 saturated heterocycles. The van der Waals surface area contributed by atoms with Crippen molar-refractivity contribution < 1.29 is 53.5 Å². The van der Waals surface area contributed by atoms with Crippen LogP contribution in [0.5, 0.6) is 0 Å². The van der Waals surface area contributed by atoms with Crippen molar-refractivity contribution in [2.75, 3.05) is 92.0 Å². The molecule has 0 spiro atoms. The fraction of sp³-hybridized carbons (Fsp3) is 0.420. The van der Waals surface area contributed by atoms with E-state index >= 15 is 0 Å². The molecule has 1 aliphatic carbocycles. The Labute approximate surface area is 386 Å². The van der Waals surface area contributed by atoms with Gasteiger partial charge in [-0.15, -0.1) is 0 Å². The smallest absolute Gasteiger partial charge is 0.409 e. The highest BCUT2D eigenvalue weighted by molar-refractivity contribution is 6.35. The lowest BCUT2D eigenvalue weighted by Gasteiger charge is -2.22. The van der Waals surface area contributed by atoms with E-state index in [-0.39, 0.29) is 50.2 Å². The molecule has 15 nitrogen and oxygen atoms in total.